The molecule has 1 aliphatic rings. The minimum absolute atomic E-state index is 0.0959. The molecule has 20 heavy (non-hydrogen) atoms. The number of nitrogens with one attached hydrogen (secondary N) is 2. The molecule has 1 aromatic rings. The van der Waals surface area contributed by atoms with Crippen LogP contribution in [0.5, 0.6) is 0 Å². The molecular weight excluding hydrogens is 254 g/mol. The number of nitrogens with zero attached hydrogens (tertiary/aromatic N) is 3. The maximum Gasteiger partial charge on any atom is 0.227 e. The molecular formula is C14H23N5O. The number of anilines is 2. The van der Waals surface area contributed by atoms with Crippen molar-refractivity contribution in [2.45, 2.75) is 26.7 Å². The van der Waals surface area contributed by atoms with E-state index >= 15 is 0 Å². The van der Waals surface area contributed by atoms with Gasteiger partial charge in [0.15, 0.2) is 0 Å². The van der Waals surface area contributed by atoms with E-state index in [1.165, 1.54) is 0 Å². The predicted molar refractivity (Wildman–Crippen MR) is 80.0 cm³/mol. The Hall–Kier alpha value is -1.85. The molecule has 1 aromatic heterocycles. The van der Waals surface area contributed by atoms with E-state index in [9.17, 15) is 4.79 Å². The van der Waals surface area contributed by atoms with Gasteiger partial charge in [0.1, 0.15) is 17.5 Å². The summed E-state index contributed by atoms with van der Waals surface area (Å²) in [4.78, 5) is 23.1. The smallest absolute Gasteiger partial charge is 0.227 e. The SMILES string of the molecule is CCc1nc(NC)cc(N2CCC(C)(C(=O)NC)C2)n1. The summed E-state index contributed by atoms with van der Waals surface area (Å²) in [5, 5.41) is 5.82. The van der Waals surface area contributed by atoms with Gasteiger partial charge in [-0.05, 0) is 13.3 Å². The Labute approximate surface area is 120 Å². The highest BCUT2D eigenvalue weighted by Crippen LogP contribution is 2.33. The third kappa shape index (κ3) is 2.69. The summed E-state index contributed by atoms with van der Waals surface area (Å²) in [5.41, 5.74) is -0.341. The van der Waals surface area contributed by atoms with Gasteiger partial charge < -0.3 is 15.5 Å². The van der Waals surface area contributed by atoms with Gasteiger partial charge in [-0.1, -0.05) is 6.92 Å². The summed E-state index contributed by atoms with van der Waals surface area (Å²) in [7, 11) is 3.54. The summed E-state index contributed by atoms with van der Waals surface area (Å²) in [6, 6.07) is 1.94. The third-order valence-corrected chi connectivity index (χ3v) is 3.90. The van der Waals surface area contributed by atoms with Crippen LogP contribution in [0.25, 0.3) is 0 Å². The molecule has 0 radical (unpaired) electrons. The predicted octanol–water partition coefficient (Wildman–Crippen LogP) is 1.04. The highest BCUT2D eigenvalue weighted by Gasteiger charge is 2.40. The molecule has 0 spiro atoms. The second-order valence-electron chi connectivity index (χ2n) is 5.44. The molecule has 1 amide bonds. The first-order chi connectivity index (χ1) is 9.52. The first-order valence-corrected chi connectivity index (χ1v) is 7.05. The Kier molecular flexibility index (Phi) is 4.11. The number of carbonyl (C=O) groups excluding carboxylic acids is 1. The fourth-order valence-corrected chi connectivity index (χ4v) is 2.58. The molecule has 110 valence electrons. The topological polar surface area (TPSA) is 70.2 Å². The zero-order valence-corrected chi connectivity index (χ0v) is 12.7. The average Bonchev–Trinajstić information content (AvgIpc) is 2.89. The number of rotatable bonds is 4. The Bertz CT molecular complexity index is 482. The van der Waals surface area contributed by atoms with Crippen LogP contribution in [0.3, 0.4) is 0 Å². The standard InChI is InChI=1S/C14H23N5O/c1-5-10-17-11(15-3)8-12(18-10)19-7-6-14(2,9-19)13(20)16-4/h8H,5-7,9H2,1-4H3,(H,16,20)(H,15,17,18). The molecule has 1 unspecified atom stereocenters. The monoisotopic (exact) mass is 277 g/mol. The van der Waals surface area contributed by atoms with Crippen LogP contribution >= 0.6 is 0 Å². The van der Waals surface area contributed by atoms with Crippen molar-refractivity contribution in [1.29, 1.82) is 0 Å². The van der Waals surface area contributed by atoms with E-state index < -0.39 is 0 Å². The van der Waals surface area contributed by atoms with E-state index in [0.29, 0.717) is 6.54 Å². The van der Waals surface area contributed by atoms with Crippen molar-refractivity contribution in [2.24, 2.45) is 5.41 Å². The number of hydrogen-bond acceptors (Lipinski definition) is 5. The normalized spacial score (nSPS) is 21.9. The van der Waals surface area contributed by atoms with Gasteiger partial charge >= 0.3 is 0 Å². The number of carbonyl (C=O) groups is 1. The van der Waals surface area contributed by atoms with Crippen LogP contribution in [0.4, 0.5) is 11.6 Å². The summed E-state index contributed by atoms with van der Waals surface area (Å²) in [6.45, 7) is 5.58. The third-order valence-electron chi connectivity index (χ3n) is 3.90. The lowest BCUT2D eigenvalue weighted by atomic mass is 9.89. The largest absolute Gasteiger partial charge is 0.373 e. The van der Waals surface area contributed by atoms with Crippen LogP contribution in [0.15, 0.2) is 6.07 Å². The van der Waals surface area contributed by atoms with Gasteiger partial charge in [0, 0.05) is 39.7 Å². The lowest BCUT2D eigenvalue weighted by molar-refractivity contribution is -0.128. The number of aromatic nitrogens is 2. The molecule has 1 fully saturated rings. The quantitative estimate of drug-likeness (QED) is 0.860. The van der Waals surface area contributed by atoms with E-state index in [0.717, 1.165) is 36.8 Å². The fourth-order valence-electron chi connectivity index (χ4n) is 2.58. The zero-order valence-electron chi connectivity index (χ0n) is 12.7. The van der Waals surface area contributed by atoms with Crippen molar-refractivity contribution >= 4 is 17.5 Å². The molecule has 2 rings (SSSR count). The van der Waals surface area contributed by atoms with Gasteiger partial charge in [-0.25, -0.2) is 9.97 Å². The first-order valence-electron chi connectivity index (χ1n) is 7.05. The molecule has 2 heterocycles. The Morgan fingerprint density at radius 1 is 1.45 bits per heavy atom. The van der Waals surface area contributed by atoms with Crippen molar-refractivity contribution < 1.29 is 4.79 Å². The number of amides is 1. The number of hydrogen-bond donors (Lipinski definition) is 2. The molecule has 0 saturated carbocycles. The average molecular weight is 277 g/mol. The van der Waals surface area contributed by atoms with Gasteiger partial charge in [-0.3, -0.25) is 4.79 Å². The van der Waals surface area contributed by atoms with Crippen LogP contribution in [0.2, 0.25) is 0 Å². The highest BCUT2D eigenvalue weighted by atomic mass is 16.2. The van der Waals surface area contributed by atoms with Gasteiger partial charge in [-0.2, -0.15) is 0 Å². The second kappa shape index (κ2) is 5.64. The maximum absolute atomic E-state index is 12.0. The van der Waals surface area contributed by atoms with Crippen LogP contribution in [0.1, 0.15) is 26.1 Å². The summed E-state index contributed by atoms with van der Waals surface area (Å²) in [6.07, 6.45) is 1.64. The molecule has 2 N–H and O–H groups in total. The van der Waals surface area contributed by atoms with E-state index in [-0.39, 0.29) is 11.3 Å². The fraction of sp³-hybridized carbons (Fsp3) is 0.643. The minimum atomic E-state index is -0.341. The van der Waals surface area contributed by atoms with E-state index in [2.05, 4.69) is 25.5 Å². The molecule has 0 aliphatic carbocycles. The molecule has 6 heteroatoms. The molecule has 1 saturated heterocycles. The summed E-state index contributed by atoms with van der Waals surface area (Å²) < 4.78 is 0. The summed E-state index contributed by atoms with van der Waals surface area (Å²) in [5.74, 6) is 2.63. The van der Waals surface area contributed by atoms with Gasteiger partial charge in [-0.15, -0.1) is 0 Å². The molecule has 1 aliphatic heterocycles. The van der Waals surface area contributed by atoms with Gasteiger partial charge in [0.25, 0.3) is 0 Å². The van der Waals surface area contributed by atoms with Crippen molar-refractivity contribution in [3.05, 3.63) is 11.9 Å². The Morgan fingerprint density at radius 3 is 2.80 bits per heavy atom. The summed E-state index contributed by atoms with van der Waals surface area (Å²) >= 11 is 0. The van der Waals surface area contributed by atoms with Gasteiger partial charge in [0.2, 0.25) is 5.91 Å². The van der Waals surface area contributed by atoms with Crippen molar-refractivity contribution in [3.63, 3.8) is 0 Å². The van der Waals surface area contributed by atoms with Crippen LogP contribution in [0, 0.1) is 5.41 Å². The van der Waals surface area contributed by atoms with E-state index in [1.807, 2.05) is 27.0 Å². The van der Waals surface area contributed by atoms with E-state index in [4.69, 9.17) is 0 Å². The van der Waals surface area contributed by atoms with Crippen molar-refractivity contribution in [2.75, 3.05) is 37.4 Å². The van der Waals surface area contributed by atoms with Crippen molar-refractivity contribution in [3.8, 4) is 0 Å². The minimum Gasteiger partial charge on any atom is -0.373 e. The Balaban J connectivity index is 2.23. The first kappa shape index (κ1) is 14.6. The lowest BCUT2D eigenvalue weighted by Gasteiger charge is -2.23. The molecule has 6 nitrogen and oxygen atoms in total. The van der Waals surface area contributed by atoms with Crippen LogP contribution in [-0.2, 0) is 11.2 Å². The zero-order chi connectivity index (χ0) is 14.8. The molecule has 0 bridgehead atoms. The molecule has 1 atom stereocenters. The maximum atomic E-state index is 12.0. The number of aryl methyl sites for hydroxylation is 1. The van der Waals surface area contributed by atoms with Crippen molar-refractivity contribution in [1.82, 2.24) is 15.3 Å². The Morgan fingerprint density at radius 2 is 2.20 bits per heavy atom. The van der Waals surface area contributed by atoms with Crippen LogP contribution in [-0.4, -0.2) is 43.1 Å². The van der Waals surface area contributed by atoms with E-state index in [1.54, 1.807) is 7.05 Å². The lowest BCUT2D eigenvalue weighted by Crippen LogP contribution is -2.39. The van der Waals surface area contributed by atoms with Crippen LogP contribution < -0.4 is 15.5 Å². The molecule has 0 aromatic carbocycles. The second-order valence-corrected chi connectivity index (χ2v) is 5.44. The van der Waals surface area contributed by atoms with Gasteiger partial charge in [0.05, 0.1) is 5.41 Å². The highest BCUT2D eigenvalue weighted by molar-refractivity contribution is 5.83.